The lowest BCUT2D eigenvalue weighted by Crippen LogP contribution is -2.46. The second-order valence-electron chi connectivity index (χ2n) is 6.68. The summed E-state index contributed by atoms with van der Waals surface area (Å²) >= 11 is 17.3. The molecule has 1 amide bonds. The lowest BCUT2D eigenvalue weighted by Gasteiger charge is -2.28. The minimum absolute atomic E-state index is 0.0204. The van der Waals surface area contributed by atoms with Crippen LogP contribution in [0.5, 0.6) is 0 Å². The molecular formula is C20H18Cl2N2O3S. The second-order valence-corrected chi connectivity index (χ2v) is 7.90. The van der Waals surface area contributed by atoms with Gasteiger partial charge in [-0.15, -0.1) is 0 Å². The van der Waals surface area contributed by atoms with E-state index in [-0.39, 0.29) is 32.3 Å². The van der Waals surface area contributed by atoms with Gasteiger partial charge in [0.25, 0.3) is 0 Å². The number of benzene rings is 2. The number of rotatable bonds is 4. The third kappa shape index (κ3) is 4.14. The van der Waals surface area contributed by atoms with Gasteiger partial charge in [0.15, 0.2) is 5.11 Å². The van der Waals surface area contributed by atoms with Crippen molar-refractivity contribution in [1.82, 2.24) is 5.32 Å². The van der Waals surface area contributed by atoms with Gasteiger partial charge in [-0.2, -0.15) is 0 Å². The summed E-state index contributed by atoms with van der Waals surface area (Å²) in [6.45, 7) is 0. The first-order chi connectivity index (χ1) is 13.3. The molecule has 1 saturated carbocycles. The van der Waals surface area contributed by atoms with Crippen LogP contribution in [-0.4, -0.2) is 22.1 Å². The standard InChI is InChI=1S/C20H18Cl2N2O3S/c21-14-11-15(22)16(10-13(14)17(25)26)23-19(28)24-18(27)20(8-4-5-9-20)12-6-2-1-3-7-12/h1-3,6-7,10-11H,4-5,8-9H2,(H,25,26)(H2,23,24,27,28). The number of carbonyl (C=O) groups excluding carboxylic acids is 1. The molecule has 1 aliphatic rings. The summed E-state index contributed by atoms with van der Waals surface area (Å²) in [5, 5.41) is 15.0. The highest BCUT2D eigenvalue weighted by Crippen LogP contribution is 2.41. The van der Waals surface area contributed by atoms with E-state index in [4.69, 9.17) is 35.4 Å². The van der Waals surface area contributed by atoms with E-state index in [1.165, 1.54) is 12.1 Å². The molecule has 0 unspecified atom stereocenters. The maximum Gasteiger partial charge on any atom is 0.337 e. The topological polar surface area (TPSA) is 78.4 Å². The van der Waals surface area contributed by atoms with Gasteiger partial charge in [0, 0.05) is 0 Å². The quantitative estimate of drug-likeness (QED) is 0.586. The first kappa shape index (κ1) is 20.6. The molecule has 0 bridgehead atoms. The van der Waals surface area contributed by atoms with Crippen molar-refractivity contribution in [3.8, 4) is 0 Å². The van der Waals surface area contributed by atoms with E-state index in [0.29, 0.717) is 0 Å². The Morgan fingerprint density at radius 3 is 2.29 bits per heavy atom. The minimum Gasteiger partial charge on any atom is -0.478 e. The zero-order chi connectivity index (χ0) is 20.3. The summed E-state index contributed by atoms with van der Waals surface area (Å²) in [4.78, 5) is 24.4. The Labute approximate surface area is 178 Å². The van der Waals surface area contributed by atoms with Gasteiger partial charge in [0.2, 0.25) is 5.91 Å². The number of thiocarbonyl (C=S) groups is 1. The van der Waals surface area contributed by atoms with Crippen LogP contribution in [0.4, 0.5) is 5.69 Å². The lowest BCUT2D eigenvalue weighted by atomic mass is 9.78. The van der Waals surface area contributed by atoms with E-state index >= 15 is 0 Å². The smallest absolute Gasteiger partial charge is 0.337 e. The first-order valence-electron chi connectivity index (χ1n) is 8.74. The van der Waals surface area contributed by atoms with E-state index < -0.39 is 11.4 Å². The molecule has 3 rings (SSSR count). The predicted octanol–water partition coefficient (Wildman–Crippen LogP) is 5.02. The number of hydrogen-bond acceptors (Lipinski definition) is 3. The molecule has 28 heavy (non-hydrogen) atoms. The molecule has 1 fully saturated rings. The molecule has 5 nitrogen and oxygen atoms in total. The third-order valence-electron chi connectivity index (χ3n) is 4.98. The molecule has 0 radical (unpaired) electrons. The van der Waals surface area contributed by atoms with Crippen LogP contribution in [0.2, 0.25) is 10.0 Å². The fourth-order valence-corrected chi connectivity index (χ4v) is 4.28. The van der Waals surface area contributed by atoms with Gasteiger partial charge < -0.3 is 15.7 Å². The SMILES string of the molecule is O=C(O)c1cc(NC(=S)NC(=O)C2(c3ccccc3)CCCC2)c(Cl)cc1Cl. The molecule has 0 saturated heterocycles. The highest BCUT2D eigenvalue weighted by atomic mass is 35.5. The number of nitrogens with one attached hydrogen (secondary N) is 2. The van der Waals surface area contributed by atoms with Crippen LogP contribution in [0.1, 0.15) is 41.6 Å². The number of hydrogen-bond donors (Lipinski definition) is 3. The van der Waals surface area contributed by atoms with E-state index in [2.05, 4.69) is 10.6 Å². The van der Waals surface area contributed by atoms with Crippen molar-refractivity contribution >= 4 is 58.1 Å². The van der Waals surface area contributed by atoms with E-state index in [1.54, 1.807) is 0 Å². The largest absolute Gasteiger partial charge is 0.478 e. The Bertz CT molecular complexity index is 929. The number of aromatic carboxylic acids is 1. The lowest BCUT2D eigenvalue weighted by molar-refractivity contribution is -0.125. The fourth-order valence-electron chi connectivity index (χ4n) is 3.57. The molecule has 0 aromatic heterocycles. The van der Waals surface area contributed by atoms with Gasteiger partial charge in [0.05, 0.1) is 26.7 Å². The van der Waals surface area contributed by atoms with Crippen LogP contribution in [0.3, 0.4) is 0 Å². The Balaban J connectivity index is 1.79. The number of carboxylic acid groups (broad SMARTS) is 1. The summed E-state index contributed by atoms with van der Waals surface area (Å²) in [6.07, 6.45) is 3.42. The maximum absolute atomic E-state index is 13.1. The predicted molar refractivity (Wildman–Crippen MR) is 114 cm³/mol. The van der Waals surface area contributed by atoms with Crippen molar-refractivity contribution in [3.05, 3.63) is 63.6 Å². The molecule has 2 aromatic carbocycles. The molecule has 1 aliphatic carbocycles. The number of amides is 1. The van der Waals surface area contributed by atoms with Crippen molar-refractivity contribution in [3.63, 3.8) is 0 Å². The zero-order valence-electron chi connectivity index (χ0n) is 14.8. The van der Waals surface area contributed by atoms with Crippen LogP contribution in [0.15, 0.2) is 42.5 Å². The second kappa shape index (κ2) is 8.47. The molecule has 146 valence electrons. The molecule has 2 aromatic rings. The highest BCUT2D eigenvalue weighted by Gasteiger charge is 2.42. The summed E-state index contributed by atoms with van der Waals surface area (Å²) in [5.74, 6) is -1.37. The summed E-state index contributed by atoms with van der Waals surface area (Å²) in [6, 6.07) is 12.3. The average molecular weight is 437 g/mol. The van der Waals surface area contributed by atoms with Crippen LogP contribution in [0, 0.1) is 0 Å². The Morgan fingerprint density at radius 2 is 1.68 bits per heavy atom. The van der Waals surface area contributed by atoms with Crippen molar-refractivity contribution in [2.75, 3.05) is 5.32 Å². The van der Waals surface area contributed by atoms with E-state index in [1.807, 2.05) is 30.3 Å². The van der Waals surface area contributed by atoms with Gasteiger partial charge in [-0.05, 0) is 42.8 Å². The molecule has 8 heteroatoms. The molecular weight excluding hydrogens is 419 g/mol. The fraction of sp³-hybridized carbons (Fsp3) is 0.250. The molecule has 3 N–H and O–H groups in total. The van der Waals surface area contributed by atoms with Gasteiger partial charge in [-0.25, -0.2) is 4.79 Å². The van der Waals surface area contributed by atoms with Crippen LogP contribution in [0.25, 0.3) is 0 Å². The van der Waals surface area contributed by atoms with Crippen molar-refractivity contribution in [2.45, 2.75) is 31.1 Å². The number of carboxylic acids is 1. The number of halogens is 2. The third-order valence-corrected chi connectivity index (χ3v) is 5.81. The normalized spacial score (nSPS) is 15.1. The Kier molecular flexibility index (Phi) is 6.23. The monoisotopic (exact) mass is 436 g/mol. The van der Waals surface area contributed by atoms with Gasteiger partial charge >= 0.3 is 5.97 Å². The summed E-state index contributed by atoms with van der Waals surface area (Å²) in [5.41, 5.74) is 0.488. The van der Waals surface area contributed by atoms with Gasteiger partial charge in [0.1, 0.15) is 0 Å². The Hall–Kier alpha value is -2.15. The van der Waals surface area contributed by atoms with Crippen LogP contribution < -0.4 is 10.6 Å². The molecule has 0 atom stereocenters. The highest BCUT2D eigenvalue weighted by molar-refractivity contribution is 7.80. The van der Waals surface area contributed by atoms with Crippen molar-refractivity contribution < 1.29 is 14.7 Å². The Morgan fingerprint density at radius 1 is 1.04 bits per heavy atom. The molecule has 0 aliphatic heterocycles. The van der Waals surface area contributed by atoms with Crippen molar-refractivity contribution in [2.24, 2.45) is 0 Å². The van der Waals surface area contributed by atoms with Crippen LogP contribution in [-0.2, 0) is 10.2 Å². The summed E-state index contributed by atoms with van der Waals surface area (Å²) in [7, 11) is 0. The maximum atomic E-state index is 13.1. The van der Waals surface area contributed by atoms with Gasteiger partial charge in [-0.1, -0.05) is 66.4 Å². The van der Waals surface area contributed by atoms with E-state index in [0.717, 1.165) is 31.2 Å². The van der Waals surface area contributed by atoms with Gasteiger partial charge in [-0.3, -0.25) is 4.79 Å². The first-order valence-corrected chi connectivity index (χ1v) is 9.90. The summed E-state index contributed by atoms with van der Waals surface area (Å²) < 4.78 is 0. The average Bonchev–Trinajstić information content (AvgIpc) is 3.15. The number of carbonyl (C=O) groups is 2. The van der Waals surface area contributed by atoms with E-state index in [9.17, 15) is 14.7 Å². The zero-order valence-corrected chi connectivity index (χ0v) is 17.1. The minimum atomic E-state index is -1.19. The molecule has 0 heterocycles. The van der Waals surface area contributed by atoms with Crippen LogP contribution >= 0.6 is 35.4 Å². The van der Waals surface area contributed by atoms with Crippen molar-refractivity contribution in [1.29, 1.82) is 0 Å². The molecule has 0 spiro atoms. The number of anilines is 1.